The molecule has 6 nitrogen and oxygen atoms in total. The third-order valence-corrected chi connectivity index (χ3v) is 4.89. The zero-order valence-corrected chi connectivity index (χ0v) is 13.7. The van der Waals surface area contributed by atoms with Crippen LogP contribution in [0.15, 0.2) is 28.2 Å². The summed E-state index contributed by atoms with van der Waals surface area (Å²) in [6, 6.07) is 5.22. The first-order valence-electron chi connectivity index (χ1n) is 7.00. The van der Waals surface area contributed by atoms with Crippen LogP contribution in [0.25, 0.3) is 0 Å². The number of aliphatic imine (C=N–C) groups is 2. The van der Waals surface area contributed by atoms with E-state index in [0.717, 1.165) is 34.9 Å². The van der Waals surface area contributed by atoms with Crippen LogP contribution in [-0.2, 0) is 0 Å². The number of anilines is 1. The number of aromatic hydroxyl groups is 1. The Hall–Kier alpha value is -1.51. The maximum Gasteiger partial charge on any atom is 0.220 e. The summed E-state index contributed by atoms with van der Waals surface area (Å²) >= 11 is 2.19. The van der Waals surface area contributed by atoms with Gasteiger partial charge >= 0.3 is 0 Å². The molecular weight excluding hydrogens is 381 g/mol. The zero-order chi connectivity index (χ0) is 15.0. The molecule has 1 aliphatic carbocycles. The molecule has 5 N–H and O–H groups in total. The van der Waals surface area contributed by atoms with E-state index in [1.54, 1.807) is 12.1 Å². The highest BCUT2D eigenvalue weighted by atomic mass is 127. The number of benzene rings is 1. The van der Waals surface area contributed by atoms with Gasteiger partial charge in [0.25, 0.3) is 0 Å². The van der Waals surface area contributed by atoms with Crippen LogP contribution in [0.5, 0.6) is 5.75 Å². The van der Waals surface area contributed by atoms with E-state index in [-0.39, 0.29) is 11.7 Å². The van der Waals surface area contributed by atoms with Gasteiger partial charge in [0, 0.05) is 3.57 Å². The molecule has 0 amide bonds. The zero-order valence-electron chi connectivity index (χ0n) is 11.6. The SMILES string of the molecule is NC1=NC2(CCCCC2)N(c2ccc(O)cc2I)C(N)=N1. The quantitative estimate of drug-likeness (QED) is 0.630. The Morgan fingerprint density at radius 2 is 1.90 bits per heavy atom. The normalized spacial score (nSPS) is 21.1. The lowest BCUT2D eigenvalue weighted by atomic mass is 9.87. The molecular formula is C14H18IN5O. The predicted molar refractivity (Wildman–Crippen MR) is 92.4 cm³/mol. The summed E-state index contributed by atoms with van der Waals surface area (Å²) in [5, 5.41) is 9.61. The maximum atomic E-state index is 9.61. The number of phenolic OH excluding ortho intramolecular Hbond substituents is 1. The van der Waals surface area contributed by atoms with Gasteiger partial charge in [-0.1, -0.05) is 6.42 Å². The molecule has 1 aliphatic heterocycles. The second-order valence-electron chi connectivity index (χ2n) is 5.45. The Morgan fingerprint density at radius 1 is 1.19 bits per heavy atom. The van der Waals surface area contributed by atoms with Gasteiger partial charge in [0.15, 0.2) is 0 Å². The molecule has 1 saturated carbocycles. The van der Waals surface area contributed by atoms with Crippen molar-refractivity contribution >= 4 is 40.2 Å². The highest BCUT2D eigenvalue weighted by Crippen LogP contribution is 2.41. The number of nitrogens with zero attached hydrogens (tertiary/aromatic N) is 3. The average molecular weight is 399 g/mol. The summed E-state index contributed by atoms with van der Waals surface area (Å²) in [6.45, 7) is 0. The van der Waals surface area contributed by atoms with Crippen molar-refractivity contribution in [2.75, 3.05) is 4.90 Å². The van der Waals surface area contributed by atoms with Crippen molar-refractivity contribution < 1.29 is 5.11 Å². The Labute approximate surface area is 137 Å². The molecule has 1 aromatic rings. The smallest absolute Gasteiger partial charge is 0.220 e. The van der Waals surface area contributed by atoms with Gasteiger partial charge in [-0.2, -0.15) is 4.99 Å². The first kappa shape index (κ1) is 14.4. The number of hydrogen-bond acceptors (Lipinski definition) is 6. The van der Waals surface area contributed by atoms with Crippen molar-refractivity contribution in [1.82, 2.24) is 0 Å². The Balaban J connectivity index is 2.10. The Kier molecular flexibility index (Phi) is 3.68. The summed E-state index contributed by atoms with van der Waals surface area (Å²) in [5.41, 5.74) is 12.5. The predicted octanol–water partition coefficient (Wildman–Crippen LogP) is 2.11. The van der Waals surface area contributed by atoms with E-state index in [1.165, 1.54) is 6.42 Å². The number of phenols is 1. The number of halogens is 1. The molecule has 0 saturated heterocycles. The maximum absolute atomic E-state index is 9.61. The second kappa shape index (κ2) is 5.36. The highest BCUT2D eigenvalue weighted by molar-refractivity contribution is 14.1. The highest BCUT2D eigenvalue weighted by Gasteiger charge is 2.43. The van der Waals surface area contributed by atoms with E-state index < -0.39 is 5.66 Å². The van der Waals surface area contributed by atoms with E-state index in [0.29, 0.717) is 5.96 Å². The van der Waals surface area contributed by atoms with Gasteiger partial charge in [-0.25, -0.2) is 4.99 Å². The third kappa shape index (κ3) is 2.54. The molecule has 3 rings (SSSR count). The fourth-order valence-electron chi connectivity index (χ4n) is 3.15. The molecule has 0 radical (unpaired) electrons. The van der Waals surface area contributed by atoms with Crippen molar-refractivity contribution in [3.8, 4) is 5.75 Å². The van der Waals surface area contributed by atoms with Crippen molar-refractivity contribution in [3.05, 3.63) is 21.8 Å². The molecule has 0 atom stereocenters. The number of guanidine groups is 2. The number of nitrogens with two attached hydrogens (primary N) is 2. The van der Waals surface area contributed by atoms with Crippen LogP contribution in [0.2, 0.25) is 0 Å². The lowest BCUT2D eigenvalue weighted by Crippen LogP contribution is -2.58. The van der Waals surface area contributed by atoms with Gasteiger partial charge in [0.05, 0.1) is 5.69 Å². The van der Waals surface area contributed by atoms with Crippen LogP contribution < -0.4 is 16.4 Å². The summed E-state index contributed by atoms with van der Waals surface area (Å²) < 4.78 is 0.909. The van der Waals surface area contributed by atoms with Gasteiger partial charge in [-0.15, -0.1) is 0 Å². The van der Waals surface area contributed by atoms with Crippen LogP contribution in [0.3, 0.4) is 0 Å². The Bertz CT molecular complexity index is 622. The molecule has 0 aromatic heterocycles. The summed E-state index contributed by atoms with van der Waals surface area (Å²) in [5.74, 6) is 0.851. The van der Waals surface area contributed by atoms with E-state index in [4.69, 9.17) is 11.5 Å². The fraction of sp³-hybridized carbons (Fsp3) is 0.429. The lowest BCUT2D eigenvalue weighted by molar-refractivity contribution is 0.305. The van der Waals surface area contributed by atoms with Crippen LogP contribution >= 0.6 is 22.6 Å². The van der Waals surface area contributed by atoms with E-state index >= 15 is 0 Å². The topological polar surface area (TPSA) is 100 Å². The average Bonchev–Trinajstić information content (AvgIpc) is 2.41. The third-order valence-electron chi connectivity index (χ3n) is 4.02. The molecule has 1 spiro atoms. The molecule has 112 valence electrons. The first-order chi connectivity index (χ1) is 10.0. The standard InChI is InChI=1S/C14H18IN5O/c15-10-8-9(21)4-5-11(10)20-13(17)18-12(16)19-14(20)6-2-1-3-7-14/h4-5,8,21H,1-3,6-7H2,(H4,16,17,18,19). The molecule has 2 aliphatic rings. The summed E-state index contributed by atoms with van der Waals surface area (Å²) in [6.07, 6.45) is 5.20. The molecule has 7 heteroatoms. The van der Waals surface area contributed by atoms with Crippen molar-refractivity contribution in [2.24, 2.45) is 21.5 Å². The largest absolute Gasteiger partial charge is 0.508 e. The van der Waals surface area contributed by atoms with Gasteiger partial charge in [0.1, 0.15) is 11.4 Å². The fourth-order valence-corrected chi connectivity index (χ4v) is 3.89. The molecule has 21 heavy (non-hydrogen) atoms. The lowest BCUT2D eigenvalue weighted by Gasteiger charge is -2.45. The van der Waals surface area contributed by atoms with Crippen LogP contribution in [0.1, 0.15) is 32.1 Å². The van der Waals surface area contributed by atoms with Crippen molar-refractivity contribution in [1.29, 1.82) is 0 Å². The van der Waals surface area contributed by atoms with Crippen molar-refractivity contribution in [3.63, 3.8) is 0 Å². The molecule has 1 fully saturated rings. The summed E-state index contributed by atoms with van der Waals surface area (Å²) in [7, 11) is 0. The van der Waals surface area contributed by atoms with E-state index in [1.807, 2.05) is 11.0 Å². The van der Waals surface area contributed by atoms with Crippen LogP contribution in [0.4, 0.5) is 5.69 Å². The van der Waals surface area contributed by atoms with Gasteiger partial charge in [0.2, 0.25) is 11.9 Å². The van der Waals surface area contributed by atoms with Gasteiger partial charge < -0.3 is 16.6 Å². The minimum atomic E-state index is -0.439. The minimum absolute atomic E-state index is 0.233. The van der Waals surface area contributed by atoms with E-state index in [9.17, 15) is 5.11 Å². The molecule has 0 unspecified atom stereocenters. The van der Waals surface area contributed by atoms with Crippen molar-refractivity contribution in [2.45, 2.75) is 37.8 Å². The molecule has 1 aromatic carbocycles. The Morgan fingerprint density at radius 3 is 2.57 bits per heavy atom. The number of rotatable bonds is 1. The van der Waals surface area contributed by atoms with Crippen LogP contribution in [-0.4, -0.2) is 22.7 Å². The number of hydrogen-bond donors (Lipinski definition) is 3. The molecule has 1 heterocycles. The van der Waals surface area contributed by atoms with E-state index in [2.05, 4.69) is 32.6 Å². The monoisotopic (exact) mass is 399 g/mol. The second-order valence-corrected chi connectivity index (χ2v) is 6.62. The van der Waals surface area contributed by atoms with Crippen LogP contribution in [0, 0.1) is 3.57 Å². The molecule has 0 bridgehead atoms. The minimum Gasteiger partial charge on any atom is -0.508 e. The first-order valence-corrected chi connectivity index (χ1v) is 8.08. The summed E-state index contributed by atoms with van der Waals surface area (Å²) in [4.78, 5) is 10.7. The van der Waals surface area contributed by atoms with Gasteiger partial charge in [-0.3, -0.25) is 4.90 Å². The van der Waals surface area contributed by atoms with Gasteiger partial charge in [-0.05, 0) is 66.5 Å².